The summed E-state index contributed by atoms with van der Waals surface area (Å²) in [6, 6.07) is 8.83. The highest BCUT2D eigenvalue weighted by Crippen LogP contribution is 2.41. The van der Waals surface area contributed by atoms with E-state index in [0.29, 0.717) is 12.0 Å². The molecule has 0 bridgehead atoms. The van der Waals surface area contributed by atoms with Crippen LogP contribution in [0.3, 0.4) is 0 Å². The lowest BCUT2D eigenvalue weighted by atomic mass is 10.1. The Morgan fingerprint density at radius 1 is 1.29 bits per heavy atom. The molecule has 0 radical (unpaired) electrons. The Hall–Kier alpha value is -0.390. The third-order valence-electron chi connectivity index (χ3n) is 2.90. The van der Waals surface area contributed by atoms with Crippen molar-refractivity contribution in [3.8, 4) is 0 Å². The van der Waals surface area contributed by atoms with Crippen LogP contribution in [0.5, 0.6) is 0 Å². The van der Waals surface area contributed by atoms with Gasteiger partial charge in [0.1, 0.15) is 6.10 Å². The second-order valence-corrected chi connectivity index (χ2v) is 8.33. The molecule has 1 rings (SSSR count). The van der Waals surface area contributed by atoms with Crippen LogP contribution in [0.15, 0.2) is 30.3 Å². The lowest BCUT2D eigenvalue weighted by molar-refractivity contribution is 0.160. The topological polar surface area (TPSA) is 54.4 Å². The Balaban J connectivity index is 3.20. The molecule has 17 heavy (non-hydrogen) atoms. The first-order valence-electron chi connectivity index (χ1n) is 5.53. The molecule has 96 valence electrons. The highest BCUT2D eigenvalue weighted by Gasteiger charge is 2.45. The van der Waals surface area contributed by atoms with Gasteiger partial charge in [-0.2, -0.15) is 0 Å². The Kier molecular flexibility index (Phi) is 4.75. The van der Waals surface area contributed by atoms with Crippen molar-refractivity contribution in [2.45, 2.75) is 30.0 Å². The van der Waals surface area contributed by atoms with Gasteiger partial charge in [-0.15, -0.1) is 0 Å². The fraction of sp³-hybridized carbons (Fsp3) is 0.500. The summed E-state index contributed by atoms with van der Waals surface area (Å²) in [5.41, 5.74) is 0.600. The van der Waals surface area contributed by atoms with Gasteiger partial charge in [0.05, 0.1) is 0 Å². The van der Waals surface area contributed by atoms with Crippen molar-refractivity contribution >= 4 is 25.8 Å². The first-order valence-corrected chi connectivity index (χ1v) is 7.97. The van der Waals surface area contributed by atoms with Crippen LogP contribution in [-0.2, 0) is 9.84 Å². The monoisotopic (exact) mass is 320 g/mol. The van der Waals surface area contributed by atoms with Crippen LogP contribution < -0.4 is 0 Å². The predicted molar refractivity (Wildman–Crippen MR) is 72.8 cm³/mol. The summed E-state index contributed by atoms with van der Waals surface area (Å²) in [7, 11) is -3.39. The number of halogens is 1. The molecule has 0 amide bonds. The minimum Gasteiger partial charge on any atom is -0.386 e. The van der Waals surface area contributed by atoms with Gasteiger partial charge in [0.2, 0.25) is 0 Å². The number of rotatable bonds is 5. The molecule has 1 N–H and O–H groups in total. The summed E-state index contributed by atoms with van der Waals surface area (Å²) in [5, 5.41) is 10.3. The fourth-order valence-electron chi connectivity index (χ4n) is 1.71. The number of alkyl halides is 1. The number of hydrogen-bond donors (Lipinski definition) is 1. The fourth-order valence-corrected chi connectivity index (χ4v) is 4.05. The van der Waals surface area contributed by atoms with E-state index < -0.39 is 19.6 Å². The summed E-state index contributed by atoms with van der Waals surface area (Å²) in [6.45, 7) is 3.33. The van der Waals surface area contributed by atoms with E-state index in [9.17, 15) is 13.5 Å². The molecule has 5 heteroatoms. The van der Waals surface area contributed by atoms with Crippen molar-refractivity contribution in [1.82, 2.24) is 0 Å². The normalized spacial score (nSPS) is 17.4. The van der Waals surface area contributed by atoms with Crippen molar-refractivity contribution in [2.75, 3.05) is 5.75 Å². The second kappa shape index (κ2) is 5.50. The number of aliphatic hydroxyl groups excluding tert-OH is 1. The largest absolute Gasteiger partial charge is 0.386 e. The zero-order chi connectivity index (χ0) is 13.1. The molecule has 0 fully saturated rings. The molecular weight excluding hydrogens is 304 g/mol. The van der Waals surface area contributed by atoms with Crippen LogP contribution in [0.2, 0.25) is 0 Å². The van der Waals surface area contributed by atoms with Gasteiger partial charge in [-0.25, -0.2) is 8.42 Å². The van der Waals surface area contributed by atoms with E-state index in [1.165, 1.54) is 0 Å². The van der Waals surface area contributed by atoms with E-state index in [-0.39, 0.29) is 5.75 Å². The van der Waals surface area contributed by atoms with Crippen molar-refractivity contribution in [3.05, 3.63) is 35.9 Å². The van der Waals surface area contributed by atoms with Gasteiger partial charge in [0.15, 0.2) is 13.5 Å². The van der Waals surface area contributed by atoms with Crippen LogP contribution in [0.1, 0.15) is 31.9 Å². The first kappa shape index (κ1) is 14.7. The van der Waals surface area contributed by atoms with Gasteiger partial charge in [0, 0.05) is 5.75 Å². The number of benzene rings is 1. The molecule has 0 saturated carbocycles. The van der Waals surface area contributed by atoms with Crippen LogP contribution in [0, 0.1) is 0 Å². The maximum Gasteiger partial charge on any atom is 0.168 e. The van der Waals surface area contributed by atoms with Gasteiger partial charge in [-0.05, 0) is 12.0 Å². The molecular formula is C12H17BrO3S. The Bertz CT molecular complexity index is 458. The molecule has 0 aromatic heterocycles. The molecule has 0 aliphatic heterocycles. The van der Waals surface area contributed by atoms with Gasteiger partial charge < -0.3 is 5.11 Å². The molecule has 0 heterocycles. The zero-order valence-corrected chi connectivity index (χ0v) is 12.3. The summed E-state index contributed by atoms with van der Waals surface area (Å²) >= 11 is 3.23. The smallest absolute Gasteiger partial charge is 0.168 e. The standard InChI is InChI=1S/C12H17BrO3S/c1-3-12(13,17(15,16)4-2)11(14)10-8-6-5-7-9-10/h5-9,11,14H,3-4H2,1-2H3/t11-,12-/m0/s1. The highest BCUT2D eigenvalue weighted by atomic mass is 79.9. The quantitative estimate of drug-likeness (QED) is 0.848. The number of aliphatic hydroxyl groups is 1. The molecule has 0 aliphatic rings. The van der Waals surface area contributed by atoms with E-state index in [2.05, 4.69) is 15.9 Å². The third-order valence-corrected chi connectivity index (χ3v) is 7.68. The maximum absolute atomic E-state index is 12.1. The first-order chi connectivity index (χ1) is 7.89. The van der Waals surface area contributed by atoms with Gasteiger partial charge >= 0.3 is 0 Å². The predicted octanol–water partition coefficient (Wildman–Crippen LogP) is 2.66. The lowest BCUT2D eigenvalue weighted by Gasteiger charge is -2.31. The summed E-state index contributed by atoms with van der Waals surface area (Å²) in [4.78, 5) is 0. The SMILES string of the molecule is CC[C@@](Br)([C@@H](O)c1ccccc1)S(=O)(=O)CC. The minimum absolute atomic E-state index is 0.00398. The van der Waals surface area contributed by atoms with Crippen molar-refractivity contribution in [1.29, 1.82) is 0 Å². The van der Waals surface area contributed by atoms with E-state index in [0.717, 1.165) is 0 Å². The van der Waals surface area contributed by atoms with E-state index in [1.807, 2.05) is 6.07 Å². The Morgan fingerprint density at radius 3 is 2.24 bits per heavy atom. The minimum atomic E-state index is -3.39. The molecule has 2 atom stereocenters. The van der Waals surface area contributed by atoms with Crippen LogP contribution in [0.4, 0.5) is 0 Å². The van der Waals surface area contributed by atoms with Crippen molar-refractivity contribution < 1.29 is 13.5 Å². The second-order valence-electron chi connectivity index (χ2n) is 3.86. The summed E-state index contributed by atoms with van der Waals surface area (Å²) in [5.74, 6) is -0.00398. The van der Waals surface area contributed by atoms with Crippen LogP contribution in [0.25, 0.3) is 0 Å². The van der Waals surface area contributed by atoms with Crippen LogP contribution >= 0.6 is 15.9 Å². The van der Waals surface area contributed by atoms with Crippen molar-refractivity contribution in [3.63, 3.8) is 0 Å². The molecule has 0 spiro atoms. The molecule has 0 saturated heterocycles. The summed E-state index contributed by atoms with van der Waals surface area (Å²) in [6.07, 6.45) is -0.766. The Morgan fingerprint density at radius 2 is 1.82 bits per heavy atom. The third kappa shape index (κ3) is 2.72. The van der Waals surface area contributed by atoms with Gasteiger partial charge in [-0.3, -0.25) is 0 Å². The average molecular weight is 321 g/mol. The van der Waals surface area contributed by atoms with E-state index >= 15 is 0 Å². The Labute approximate surface area is 111 Å². The lowest BCUT2D eigenvalue weighted by Crippen LogP contribution is -2.39. The molecule has 1 aromatic carbocycles. The van der Waals surface area contributed by atoms with Gasteiger partial charge in [0.25, 0.3) is 0 Å². The highest BCUT2D eigenvalue weighted by molar-refractivity contribution is 9.11. The van der Waals surface area contributed by atoms with Crippen LogP contribution in [-0.4, -0.2) is 22.9 Å². The molecule has 1 aromatic rings. The number of sulfone groups is 1. The maximum atomic E-state index is 12.1. The molecule has 3 nitrogen and oxygen atoms in total. The molecule has 0 unspecified atom stereocenters. The zero-order valence-electron chi connectivity index (χ0n) is 9.93. The van der Waals surface area contributed by atoms with Gasteiger partial charge in [-0.1, -0.05) is 60.1 Å². The van der Waals surface area contributed by atoms with Crippen molar-refractivity contribution in [2.24, 2.45) is 0 Å². The number of hydrogen-bond acceptors (Lipinski definition) is 3. The molecule has 0 aliphatic carbocycles. The summed E-state index contributed by atoms with van der Waals surface area (Å²) < 4.78 is 22.8. The van der Waals surface area contributed by atoms with E-state index in [4.69, 9.17) is 0 Å². The van der Waals surface area contributed by atoms with E-state index in [1.54, 1.807) is 38.1 Å². The average Bonchev–Trinajstić information content (AvgIpc) is 2.37.